The highest BCUT2D eigenvalue weighted by atomic mass is 16.5. The Labute approximate surface area is 104 Å². The van der Waals surface area contributed by atoms with Gasteiger partial charge in [0.2, 0.25) is 0 Å². The fraction of sp³-hybridized carbons (Fsp3) is 0.417. The number of carbonyl (C=O) groups excluding carboxylic acids is 1. The van der Waals surface area contributed by atoms with Crippen molar-refractivity contribution in [3.8, 4) is 0 Å². The molecular formula is C12H14N2O4. The van der Waals surface area contributed by atoms with Crippen LogP contribution >= 0.6 is 0 Å². The van der Waals surface area contributed by atoms with E-state index in [1.165, 1.54) is 18.1 Å². The highest BCUT2D eigenvalue weighted by Crippen LogP contribution is 2.26. The number of aromatic nitrogens is 1. The predicted molar refractivity (Wildman–Crippen MR) is 62.1 cm³/mol. The number of hydrogen-bond donors (Lipinski definition) is 1. The third kappa shape index (κ3) is 1.95. The van der Waals surface area contributed by atoms with Gasteiger partial charge in [-0.3, -0.25) is 9.78 Å². The highest BCUT2D eigenvalue weighted by molar-refractivity contribution is 5.96. The van der Waals surface area contributed by atoms with E-state index in [1.807, 2.05) is 0 Å². The summed E-state index contributed by atoms with van der Waals surface area (Å²) in [5, 5.41) is 9.34. The Morgan fingerprint density at radius 2 is 2.28 bits per heavy atom. The molecule has 1 N–H and O–H groups in total. The summed E-state index contributed by atoms with van der Waals surface area (Å²) in [6.07, 6.45) is 1.79. The zero-order valence-corrected chi connectivity index (χ0v) is 10.00. The number of ether oxygens (including phenoxy) is 1. The summed E-state index contributed by atoms with van der Waals surface area (Å²) in [6.45, 7) is 0.351. The van der Waals surface area contributed by atoms with Crippen molar-refractivity contribution in [2.45, 2.75) is 12.0 Å². The zero-order chi connectivity index (χ0) is 13.2. The van der Waals surface area contributed by atoms with E-state index in [9.17, 15) is 14.7 Å². The van der Waals surface area contributed by atoms with E-state index >= 15 is 0 Å². The molecular weight excluding hydrogens is 236 g/mol. The molecule has 6 nitrogen and oxygen atoms in total. The van der Waals surface area contributed by atoms with E-state index in [2.05, 4.69) is 4.98 Å². The fourth-order valence-electron chi connectivity index (χ4n) is 1.99. The molecule has 1 amide bonds. The number of rotatable bonds is 3. The summed E-state index contributed by atoms with van der Waals surface area (Å²) in [7, 11) is 1.47. The Bertz CT molecular complexity index is 454. The van der Waals surface area contributed by atoms with E-state index in [-0.39, 0.29) is 18.7 Å². The first-order chi connectivity index (χ1) is 8.58. The maximum atomic E-state index is 12.2. The van der Waals surface area contributed by atoms with Crippen molar-refractivity contribution in [2.75, 3.05) is 20.3 Å². The molecule has 2 heterocycles. The number of aliphatic carboxylic acids is 1. The molecule has 2 rings (SSSR count). The van der Waals surface area contributed by atoms with Gasteiger partial charge in [-0.05, 0) is 12.1 Å². The molecule has 0 radical (unpaired) electrons. The largest absolute Gasteiger partial charge is 0.479 e. The summed E-state index contributed by atoms with van der Waals surface area (Å²) in [4.78, 5) is 28.7. The first kappa shape index (κ1) is 12.5. The van der Waals surface area contributed by atoms with Crippen molar-refractivity contribution in [1.82, 2.24) is 9.88 Å². The van der Waals surface area contributed by atoms with Crippen molar-refractivity contribution >= 4 is 11.9 Å². The minimum Gasteiger partial charge on any atom is -0.479 e. The number of nitrogens with zero attached hydrogens (tertiary/aromatic N) is 2. The molecule has 0 saturated carbocycles. The molecule has 1 aliphatic heterocycles. The summed E-state index contributed by atoms with van der Waals surface area (Å²) < 4.78 is 5.13. The quantitative estimate of drug-likeness (QED) is 0.839. The Balaban J connectivity index is 2.27. The second-order valence-electron chi connectivity index (χ2n) is 4.22. The van der Waals surface area contributed by atoms with Gasteiger partial charge in [0, 0.05) is 26.3 Å². The zero-order valence-electron chi connectivity index (χ0n) is 10.00. The fourth-order valence-corrected chi connectivity index (χ4v) is 1.99. The van der Waals surface area contributed by atoms with Crippen molar-refractivity contribution in [1.29, 1.82) is 0 Å². The molecule has 0 aliphatic carbocycles. The lowest BCUT2D eigenvalue weighted by Crippen LogP contribution is -2.56. The van der Waals surface area contributed by atoms with Gasteiger partial charge in [-0.25, -0.2) is 4.79 Å². The molecule has 18 heavy (non-hydrogen) atoms. The lowest BCUT2D eigenvalue weighted by Gasteiger charge is -2.33. The summed E-state index contributed by atoms with van der Waals surface area (Å²) >= 11 is 0. The van der Waals surface area contributed by atoms with Crippen LogP contribution in [0.3, 0.4) is 0 Å². The van der Waals surface area contributed by atoms with Crippen LogP contribution in [0.15, 0.2) is 24.4 Å². The highest BCUT2D eigenvalue weighted by Gasteiger charge is 2.48. The molecule has 1 unspecified atom stereocenters. The van der Waals surface area contributed by atoms with Crippen molar-refractivity contribution in [2.24, 2.45) is 0 Å². The Hall–Kier alpha value is -1.95. The molecule has 0 bridgehead atoms. The Morgan fingerprint density at radius 3 is 2.78 bits per heavy atom. The van der Waals surface area contributed by atoms with Crippen LogP contribution in [0.2, 0.25) is 0 Å². The van der Waals surface area contributed by atoms with E-state index in [0.717, 1.165) is 0 Å². The van der Waals surface area contributed by atoms with Crippen LogP contribution < -0.4 is 0 Å². The number of carboxylic acids is 1. The normalized spacial score (nSPS) is 22.7. The van der Waals surface area contributed by atoms with Gasteiger partial charge < -0.3 is 14.7 Å². The third-order valence-electron chi connectivity index (χ3n) is 3.23. The van der Waals surface area contributed by atoms with Gasteiger partial charge in [0.25, 0.3) is 5.91 Å². The van der Waals surface area contributed by atoms with E-state index < -0.39 is 17.4 Å². The lowest BCUT2D eigenvalue weighted by atomic mass is 9.96. The molecule has 6 heteroatoms. The SMILES string of the molecule is CN(C(=O)c1ccccn1)C1(C(=O)O)CCOC1. The predicted octanol–water partition coefficient (Wildman–Crippen LogP) is 0.397. The van der Waals surface area contributed by atoms with Crippen LogP contribution in [0, 0.1) is 0 Å². The smallest absolute Gasteiger partial charge is 0.332 e. The van der Waals surface area contributed by atoms with Crippen LogP contribution in [0.1, 0.15) is 16.9 Å². The van der Waals surface area contributed by atoms with Gasteiger partial charge >= 0.3 is 5.97 Å². The average molecular weight is 250 g/mol. The number of likely N-dealkylation sites (N-methyl/N-ethyl adjacent to an activating group) is 1. The van der Waals surface area contributed by atoms with Gasteiger partial charge in [0.1, 0.15) is 5.69 Å². The number of carboxylic acid groups (broad SMARTS) is 1. The maximum Gasteiger partial charge on any atom is 0.332 e. The van der Waals surface area contributed by atoms with E-state index in [1.54, 1.807) is 18.2 Å². The summed E-state index contributed by atoms with van der Waals surface area (Å²) in [5.74, 6) is -1.46. The molecule has 96 valence electrons. The van der Waals surface area contributed by atoms with Crippen LogP contribution in [0.4, 0.5) is 0 Å². The minimum absolute atomic E-state index is 0.0113. The van der Waals surface area contributed by atoms with E-state index in [0.29, 0.717) is 6.61 Å². The van der Waals surface area contributed by atoms with Crippen LogP contribution in [-0.2, 0) is 9.53 Å². The maximum absolute atomic E-state index is 12.2. The van der Waals surface area contributed by atoms with Gasteiger partial charge in [-0.15, -0.1) is 0 Å². The number of hydrogen-bond acceptors (Lipinski definition) is 4. The minimum atomic E-state index is -1.28. The van der Waals surface area contributed by atoms with Crippen LogP contribution in [0.5, 0.6) is 0 Å². The summed E-state index contributed by atoms with van der Waals surface area (Å²) in [6, 6.07) is 4.94. The molecule has 1 fully saturated rings. The van der Waals surface area contributed by atoms with Crippen molar-refractivity contribution < 1.29 is 19.4 Å². The topological polar surface area (TPSA) is 79.7 Å². The first-order valence-corrected chi connectivity index (χ1v) is 5.58. The monoisotopic (exact) mass is 250 g/mol. The molecule has 1 saturated heterocycles. The molecule has 1 aromatic heterocycles. The standard InChI is InChI=1S/C12H14N2O4/c1-14(10(15)9-4-2-3-6-13-9)12(11(16)17)5-7-18-8-12/h2-4,6H,5,7-8H2,1H3,(H,16,17). The number of amides is 1. The molecule has 0 aromatic carbocycles. The van der Waals surface area contributed by atoms with Gasteiger partial charge in [-0.2, -0.15) is 0 Å². The van der Waals surface area contributed by atoms with Crippen LogP contribution in [-0.4, -0.2) is 52.7 Å². The van der Waals surface area contributed by atoms with Crippen molar-refractivity contribution in [3.63, 3.8) is 0 Å². The number of pyridine rings is 1. The van der Waals surface area contributed by atoms with Gasteiger partial charge in [0.05, 0.1) is 6.61 Å². The third-order valence-corrected chi connectivity index (χ3v) is 3.23. The second kappa shape index (κ2) is 4.73. The lowest BCUT2D eigenvalue weighted by molar-refractivity contribution is -0.149. The average Bonchev–Trinajstić information content (AvgIpc) is 2.88. The molecule has 1 atom stereocenters. The molecule has 1 aliphatic rings. The number of carbonyl (C=O) groups is 2. The summed E-state index contributed by atoms with van der Waals surface area (Å²) in [5.41, 5.74) is -1.05. The van der Waals surface area contributed by atoms with Crippen LogP contribution in [0.25, 0.3) is 0 Å². The Kier molecular flexibility index (Phi) is 3.29. The molecule has 0 spiro atoms. The van der Waals surface area contributed by atoms with Gasteiger partial charge in [-0.1, -0.05) is 6.07 Å². The Morgan fingerprint density at radius 1 is 1.50 bits per heavy atom. The molecule has 1 aromatic rings. The van der Waals surface area contributed by atoms with E-state index in [4.69, 9.17) is 4.74 Å². The van der Waals surface area contributed by atoms with Gasteiger partial charge in [0.15, 0.2) is 5.54 Å². The first-order valence-electron chi connectivity index (χ1n) is 5.58. The van der Waals surface area contributed by atoms with Crippen molar-refractivity contribution in [3.05, 3.63) is 30.1 Å². The second-order valence-corrected chi connectivity index (χ2v) is 4.22.